The van der Waals surface area contributed by atoms with Gasteiger partial charge < -0.3 is 5.32 Å². The summed E-state index contributed by atoms with van der Waals surface area (Å²) in [7, 11) is 0. The summed E-state index contributed by atoms with van der Waals surface area (Å²) in [6.07, 6.45) is 2.57. The summed E-state index contributed by atoms with van der Waals surface area (Å²) in [4.78, 5) is 0. The Hall–Kier alpha value is -0.0400. The van der Waals surface area contributed by atoms with E-state index in [9.17, 15) is 0 Å². The number of nitrogens with one attached hydrogen (secondary N) is 1. The SMILES string of the molecule is CCC[C@H](C)N[C@@H](C)C(C)C. The Morgan fingerprint density at radius 1 is 1.09 bits per heavy atom. The van der Waals surface area contributed by atoms with Crippen molar-refractivity contribution in [3.05, 3.63) is 0 Å². The topological polar surface area (TPSA) is 12.0 Å². The first-order valence-electron chi connectivity index (χ1n) is 4.84. The molecule has 0 aromatic carbocycles. The molecule has 0 bridgehead atoms. The molecule has 0 spiro atoms. The van der Waals surface area contributed by atoms with Crippen LogP contribution in [-0.4, -0.2) is 12.1 Å². The van der Waals surface area contributed by atoms with E-state index in [-0.39, 0.29) is 0 Å². The molecule has 0 unspecified atom stereocenters. The molecule has 0 aromatic heterocycles. The minimum absolute atomic E-state index is 0.650. The first kappa shape index (κ1) is 11.0. The Morgan fingerprint density at radius 2 is 1.64 bits per heavy atom. The van der Waals surface area contributed by atoms with Crippen molar-refractivity contribution in [3.63, 3.8) is 0 Å². The van der Waals surface area contributed by atoms with Gasteiger partial charge in [-0.2, -0.15) is 0 Å². The lowest BCUT2D eigenvalue weighted by Crippen LogP contribution is -2.37. The maximum atomic E-state index is 3.58. The van der Waals surface area contributed by atoms with E-state index in [1.54, 1.807) is 0 Å². The lowest BCUT2D eigenvalue weighted by molar-refractivity contribution is 0.371. The first-order valence-corrected chi connectivity index (χ1v) is 4.84. The van der Waals surface area contributed by atoms with Crippen LogP contribution in [0.2, 0.25) is 0 Å². The van der Waals surface area contributed by atoms with Crippen molar-refractivity contribution in [2.75, 3.05) is 0 Å². The molecule has 0 aliphatic carbocycles. The quantitative estimate of drug-likeness (QED) is 0.647. The van der Waals surface area contributed by atoms with Gasteiger partial charge in [0.1, 0.15) is 0 Å². The molecule has 0 fully saturated rings. The molecule has 0 heterocycles. The summed E-state index contributed by atoms with van der Waals surface area (Å²) in [5, 5.41) is 3.58. The third-order valence-corrected chi connectivity index (χ3v) is 2.27. The second kappa shape index (κ2) is 5.59. The average molecular weight is 157 g/mol. The van der Waals surface area contributed by atoms with Crippen molar-refractivity contribution in [1.29, 1.82) is 0 Å². The molecule has 11 heavy (non-hydrogen) atoms. The van der Waals surface area contributed by atoms with E-state index in [4.69, 9.17) is 0 Å². The maximum Gasteiger partial charge on any atom is 0.00642 e. The number of hydrogen-bond donors (Lipinski definition) is 1. The van der Waals surface area contributed by atoms with Crippen LogP contribution in [0.15, 0.2) is 0 Å². The van der Waals surface area contributed by atoms with Gasteiger partial charge >= 0.3 is 0 Å². The van der Waals surface area contributed by atoms with Crippen LogP contribution < -0.4 is 5.32 Å². The van der Waals surface area contributed by atoms with Gasteiger partial charge in [0, 0.05) is 12.1 Å². The average Bonchev–Trinajstić information content (AvgIpc) is 1.87. The minimum atomic E-state index is 0.650. The Bertz CT molecular complexity index is 88.9. The van der Waals surface area contributed by atoms with Crippen LogP contribution in [0.1, 0.15) is 47.5 Å². The normalized spacial score (nSPS) is 16.9. The summed E-state index contributed by atoms with van der Waals surface area (Å²) in [5.41, 5.74) is 0. The number of hydrogen-bond acceptors (Lipinski definition) is 1. The molecule has 1 nitrogen and oxygen atoms in total. The zero-order valence-electron chi connectivity index (χ0n) is 8.65. The predicted octanol–water partition coefficient (Wildman–Crippen LogP) is 2.81. The van der Waals surface area contributed by atoms with E-state index >= 15 is 0 Å². The van der Waals surface area contributed by atoms with E-state index in [2.05, 4.69) is 39.9 Å². The van der Waals surface area contributed by atoms with E-state index < -0.39 is 0 Å². The molecule has 0 saturated carbocycles. The lowest BCUT2D eigenvalue weighted by atomic mass is 10.0. The van der Waals surface area contributed by atoms with Gasteiger partial charge in [0.2, 0.25) is 0 Å². The zero-order valence-corrected chi connectivity index (χ0v) is 8.65. The van der Waals surface area contributed by atoms with E-state index in [0.29, 0.717) is 12.1 Å². The van der Waals surface area contributed by atoms with Crippen molar-refractivity contribution in [2.45, 2.75) is 59.5 Å². The van der Waals surface area contributed by atoms with Gasteiger partial charge in [0.15, 0.2) is 0 Å². The molecule has 0 aromatic rings. The highest BCUT2D eigenvalue weighted by atomic mass is 14.9. The van der Waals surface area contributed by atoms with Gasteiger partial charge in [-0.15, -0.1) is 0 Å². The van der Waals surface area contributed by atoms with Gasteiger partial charge in [-0.3, -0.25) is 0 Å². The highest BCUT2D eigenvalue weighted by Crippen LogP contribution is 2.03. The van der Waals surface area contributed by atoms with Crippen LogP contribution in [0.25, 0.3) is 0 Å². The van der Waals surface area contributed by atoms with E-state index in [0.717, 1.165) is 5.92 Å². The molecule has 0 amide bonds. The van der Waals surface area contributed by atoms with Gasteiger partial charge in [0.25, 0.3) is 0 Å². The van der Waals surface area contributed by atoms with Crippen molar-refractivity contribution < 1.29 is 0 Å². The Balaban J connectivity index is 3.48. The molecule has 0 aliphatic rings. The van der Waals surface area contributed by atoms with Crippen LogP contribution in [-0.2, 0) is 0 Å². The summed E-state index contributed by atoms with van der Waals surface area (Å²) < 4.78 is 0. The second-order valence-electron chi connectivity index (χ2n) is 3.89. The fourth-order valence-electron chi connectivity index (χ4n) is 1.16. The van der Waals surface area contributed by atoms with E-state index in [1.165, 1.54) is 12.8 Å². The third-order valence-electron chi connectivity index (χ3n) is 2.27. The van der Waals surface area contributed by atoms with Crippen LogP contribution in [0, 0.1) is 5.92 Å². The fraction of sp³-hybridized carbons (Fsp3) is 1.00. The highest BCUT2D eigenvalue weighted by Gasteiger charge is 2.08. The van der Waals surface area contributed by atoms with Crippen LogP contribution in [0.3, 0.4) is 0 Å². The van der Waals surface area contributed by atoms with Crippen molar-refractivity contribution in [3.8, 4) is 0 Å². The fourth-order valence-corrected chi connectivity index (χ4v) is 1.16. The summed E-state index contributed by atoms with van der Waals surface area (Å²) >= 11 is 0. The second-order valence-corrected chi connectivity index (χ2v) is 3.89. The van der Waals surface area contributed by atoms with Crippen LogP contribution in [0.5, 0.6) is 0 Å². The van der Waals surface area contributed by atoms with Crippen molar-refractivity contribution in [2.24, 2.45) is 5.92 Å². The smallest absolute Gasteiger partial charge is 0.00642 e. The van der Waals surface area contributed by atoms with E-state index in [1.807, 2.05) is 0 Å². The molecular formula is C10H23N. The van der Waals surface area contributed by atoms with Gasteiger partial charge in [-0.25, -0.2) is 0 Å². The number of rotatable bonds is 5. The Kier molecular flexibility index (Phi) is 5.57. The monoisotopic (exact) mass is 157 g/mol. The van der Waals surface area contributed by atoms with Gasteiger partial charge in [0.05, 0.1) is 0 Å². The molecule has 2 atom stereocenters. The summed E-state index contributed by atoms with van der Waals surface area (Å²) in [6, 6.07) is 1.33. The summed E-state index contributed by atoms with van der Waals surface area (Å²) in [6.45, 7) is 11.3. The molecule has 0 saturated heterocycles. The molecular weight excluding hydrogens is 134 g/mol. The van der Waals surface area contributed by atoms with Crippen LogP contribution in [0.4, 0.5) is 0 Å². The zero-order chi connectivity index (χ0) is 8.85. The molecule has 0 radical (unpaired) electrons. The molecule has 0 rings (SSSR count). The molecule has 68 valence electrons. The third kappa shape index (κ3) is 5.25. The van der Waals surface area contributed by atoms with Crippen molar-refractivity contribution >= 4 is 0 Å². The first-order chi connectivity index (χ1) is 5.07. The van der Waals surface area contributed by atoms with Gasteiger partial charge in [-0.05, 0) is 26.2 Å². The minimum Gasteiger partial charge on any atom is -0.312 e. The largest absolute Gasteiger partial charge is 0.312 e. The maximum absolute atomic E-state index is 3.58. The molecule has 0 aliphatic heterocycles. The standard InChI is InChI=1S/C10H23N/c1-6-7-9(4)11-10(5)8(2)3/h8-11H,6-7H2,1-5H3/t9-,10-/m0/s1. The van der Waals surface area contributed by atoms with Gasteiger partial charge in [-0.1, -0.05) is 27.2 Å². The Labute approximate surface area is 71.6 Å². The molecule has 1 N–H and O–H groups in total. The van der Waals surface area contributed by atoms with Crippen LogP contribution >= 0.6 is 0 Å². The van der Waals surface area contributed by atoms with Crippen molar-refractivity contribution in [1.82, 2.24) is 5.32 Å². The summed E-state index contributed by atoms with van der Waals surface area (Å²) in [5.74, 6) is 0.745. The molecule has 1 heteroatoms. The predicted molar refractivity (Wildman–Crippen MR) is 51.8 cm³/mol. The Morgan fingerprint density at radius 3 is 2.00 bits per heavy atom. The lowest BCUT2D eigenvalue weighted by Gasteiger charge is -2.22. The highest BCUT2D eigenvalue weighted by molar-refractivity contribution is 4.69.